The van der Waals surface area contributed by atoms with Crippen molar-refractivity contribution in [2.75, 3.05) is 7.05 Å². The SMILES string of the molecule is CNC(=O)NC(=O)[C@H]([NH2+][C@H](C)c1ccc(Cl)cc1)c1ccccc1. The normalized spacial score (nSPS) is 13.0. The van der Waals surface area contributed by atoms with Gasteiger partial charge in [0.2, 0.25) is 0 Å². The number of nitrogens with two attached hydrogens (primary N) is 1. The Labute approximate surface area is 146 Å². The topological polar surface area (TPSA) is 74.8 Å². The standard InChI is InChI=1S/C18H20ClN3O2/c1-12(13-8-10-15(19)11-9-13)21-16(14-6-4-3-5-7-14)17(23)22-18(24)20-2/h3-12,16,21H,1-2H3,(H2,20,22,23,24)/p+1/t12-,16-/m1/s1. The van der Waals surface area contributed by atoms with Gasteiger partial charge in [0.15, 0.2) is 6.04 Å². The summed E-state index contributed by atoms with van der Waals surface area (Å²) in [7, 11) is 1.47. The van der Waals surface area contributed by atoms with Crippen LogP contribution in [0.2, 0.25) is 5.02 Å². The first-order valence-corrected chi connectivity index (χ1v) is 8.07. The molecule has 126 valence electrons. The predicted molar refractivity (Wildman–Crippen MR) is 93.6 cm³/mol. The molecule has 0 saturated carbocycles. The van der Waals surface area contributed by atoms with Crippen molar-refractivity contribution in [1.82, 2.24) is 10.6 Å². The first-order chi connectivity index (χ1) is 11.5. The fourth-order valence-corrected chi connectivity index (χ4v) is 2.55. The first-order valence-electron chi connectivity index (χ1n) is 7.69. The van der Waals surface area contributed by atoms with Gasteiger partial charge in [-0.2, -0.15) is 0 Å². The van der Waals surface area contributed by atoms with Crippen LogP contribution in [0.4, 0.5) is 4.79 Å². The summed E-state index contributed by atoms with van der Waals surface area (Å²) < 4.78 is 0. The Morgan fingerprint density at radius 1 is 1.00 bits per heavy atom. The number of halogens is 1. The summed E-state index contributed by atoms with van der Waals surface area (Å²) in [4.78, 5) is 24.0. The van der Waals surface area contributed by atoms with E-state index >= 15 is 0 Å². The minimum Gasteiger partial charge on any atom is -0.341 e. The lowest BCUT2D eigenvalue weighted by molar-refractivity contribution is -0.719. The van der Waals surface area contributed by atoms with E-state index in [1.165, 1.54) is 7.05 Å². The largest absolute Gasteiger partial charge is 0.341 e. The number of benzene rings is 2. The maximum atomic E-state index is 12.5. The molecule has 4 N–H and O–H groups in total. The molecule has 0 aliphatic rings. The molecule has 0 heterocycles. The molecule has 2 atom stereocenters. The lowest BCUT2D eigenvalue weighted by atomic mass is 10.0. The highest BCUT2D eigenvalue weighted by Gasteiger charge is 2.28. The fraction of sp³-hybridized carbons (Fsp3) is 0.222. The Morgan fingerprint density at radius 2 is 1.62 bits per heavy atom. The van der Waals surface area contributed by atoms with E-state index < -0.39 is 12.1 Å². The van der Waals surface area contributed by atoms with Crippen LogP contribution in [0, 0.1) is 0 Å². The maximum absolute atomic E-state index is 12.5. The molecule has 5 nitrogen and oxygen atoms in total. The molecular weight excluding hydrogens is 326 g/mol. The summed E-state index contributed by atoms with van der Waals surface area (Å²) in [5.41, 5.74) is 1.88. The zero-order valence-corrected chi connectivity index (χ0v) is 14.4. The third-order valence-electron chi connectivity index (χ3n) is 3.78. The number of rotatable bonds is 5. The molecule has 0 aromatic heterocycles. The van der Waals surface area contributed by atoms with Crippen LogP contribution in [-0.4, -0.2) is 19.0 Å². The van der Waals surface area contributed by atoms with Gasteiger partial charge in [-0.15, -0.1) is 0 Å². The lowest BCUT2D eigenvalue weighted by Crippen LogP contribution is -2.88. The number of amides is 3. The van der Waals surface area contributed by atoms with E-state index in [9.17, 15) is 9.59 Å². The molecule has 0 radical (unpaired) electrons. The minimum absolute atomic E-state index is 0.0166. The van der Waals surface area contributed by atoms with E-state index in [1.807, 2.05) is 66.8 Å². The number of hydrogen-bond donors (Lipinski definition) is 3. The molecule has 0 saturated heterocycles. The fourth-order valence-electron chi connectivity index (χ4n) is 2.43. The van der Waals surface area contributed by atoms with E-state index in [0.717, 1.165) is 11.1 Å². The molecule has 0 aliphatic carbocycles. The summed E-state index contributed by atoms with van der Waals surface area (Å²) in [6, 6.07) is 15.9. The summed E-state index contributed by atoms with van der Waals surface area (Å²) in [6.45, 7) is 2.01. The van der Waals surface area contributed by atoms with Crippen molar-refractivity contribution in [3.63, 3.8) is 0 Å². The predicted octanol–water partition coefficient (Wildman–Crippen LogP) is 2.16. The van der Waals surface area contributed by atoms with E-state index in [2.05, 4.69) is 10.6 Å². The quantitative estimate of drug-likeness (QED) is 0.776. The van der Waals surface area contributed by atoms with Gasteiger partial charge >= 0.3 is 6.03 Å². The number of nitrogens with one attached hydrogen (secondary N) is 2. The Hall–Kier alpha value is -2.37. The van der Waals surface area contributed by atoms with Gasteiger partial charge in [0, 0.05) is 23.2 Å². The first kappa shape index (κ1) is 18.0. The maximum Gasteiger partial charge on any atom is 0.321 e. The van der Waals surface area contributed by atoms with Crippen molar-refractivity contribution in [2.24, 2.45) is 0 Å². The average molecular weight is 347 g/mol. The lowest BCUT2D eigenvalue weighted by Gasteiger charge is -2.20. The number of quaternary nitrogens is 1. The second-order valence-corrected chi connectivity index (χ2v) is 5.93. The highest BCUT2D eigenvalue weighted by atomic mass is 35.5. The third-order valence-corrected chi connectivity index (χ3v) is 4.03. The average Bonchev–Trinajstić information content (AvgIpc) is 2.60. The molecule has 2 aromatic carbocycles. The van der Waals surface area contributed by atoms with Gasteiger partial charge < -0.3 is 10.6 Å². The van der Waals surface area contributed by atoms with Crippen LogP contribution in [0.1, 0.15) is 30.1 Å². The monoisotopic (exact) mass is 346 g/mol. The van der Waals surface area contributed by atoms with Gasteiger partial charge in [-0.1, -0.05) is 54.1 Å². The minimum atomic E-state index is -0.533. The van der Waals surface area contributed by atoms with E-state index in [1.54, 1.807) is 0 Å². The number of imide groups is 1. The van der Waals surface area contributed by atoms with Crippen molar-refractivity contribution in [2.45, 2.75) is 19.0 Å². The van der Waals surface area contributed by atoms with Gasteiger partial charge in [0.1, 0.15) is 6.04 Å². The van der Waals surface area contributed by atoms with Gasteiger partial charge in [-0.05, 0) is 19.1 Å². The number of urea groups is 1. The van der Waals surface area contributed by atoms with Crippen molar-refractivity contribution < 1.29 is 14.9 Å². The van der Waals surface area contributed by atoms with E-state index in [4.69, 9.17) is 11.6 Å². The smallest absolute Gasteiger partial charge is 0.321 e. The Bertz CT molecular complexity index is 689. The van der Waals surface area contributed by atoms with Crippen LogP contribution in [0.5, 0.6) is 0 Å². The molecule has 3 amide bonds. The van der Waals surface area contributed by atoms with Gasteiger partial charge in [0.25, 0.3) is 5.91 Å². The van der Waals surface area contributed by atoms with Crippen LogP contribution in [0.15, 0.2) is 54.6 Å². The summed E-state index contributed by atoms with van der Waals surface area (Å²) in [6.07, 6.45) is 0. The second-order valence-electron chi connectivity index (χ2n) is 5.49. The third kappa shape index (κ3) is 4.81. The molecule has 2 rings (SSSR count). The molecule has 0 spiro atoms. The van der Waals surface area contributed by atoms with Crippen molar-refractivity contribution >= 4 is 23.5 Å². The number of hydrogen-bond acceptors (Lipinski definition) is 2. The summed E-state index contributed by atoms with van der Waals surface area (Å²) >= 11 is 5.92. The molecule has 0 aliphatic heterocycles. The van der Waals surface area contributed by atoms with Crippen molar-refractivity contribution in [1.29, 1.82) is 0 Å². The van der Waals surface area contributed by atoms with Crippen LogP contribution >= 0.6 is 11.6 Å². The highest BCUT2D eigenvalue weighted by molar-refractivity contribution is 6.30. The molecular formula is C18H21ClN3O2+. The van der Waals surface area contributed by atoms with Crippen LogP contribution in [0.25, 0.3) is 0 Å². The second kappa shape index (κ2) is 8.47. The molecule has 0 unspecified atom stereocenters. The molecule has 6 heteroatoms. The molecule has 0 bridgehead atoms. The summed E-state index contributed by atoms with van der Waals surface area (Å²) in [5, 5.41) is 7.34. The Balaban J connectivity index is 2.20. The van der Waals surface area contributed by atoms with Gasteiger partial charge in [0.05, 0.1) is 0 Å². The summed E-state index contributed by atoms with van der Waals surface area (Å²) in [5.74, 6) is -0.360. The molecule has 24 heavy (non-hydrogen) atoms. The van der Waals surface area contributed by atoms with E-state index in [0.29, 0.717) is 5.02 Å². The van der Waals surface area contributed by atoms with Crippen LogP contribution < -0.4 is 16.0 Å². The van der Waals surface area contributed by atoms with E-state index in [-0.39, 0.29) is 11.9 Å². The van der Waals surface area contributed by atoms with Crippen molar-refractivity contribution in [3.05, 3.63) is 70.7 Å². The van der Waals surface area contributed by atoms with Crippen LogP contribution in [0.3, 0.4) is 0 Å². The number of carbonyl (C=O) groups excluding carboxylic acids is 2. The molecule has 2 aromatic rings. The number of carbonyl (C=O) groups is 2. The zero-order chi connectivity index (χ0) is 17.5. The van der Waals surface area contributed by atoms with Gasteiger partial charge in [-0.3, -0.25) is 10.1 Å². The van der Waals surface area contributed by atoms with Crippen LogP contribution in [-0.2, 0) is 4.79 Å². The Kier molecular flexibility index (Phi) is 6.35. The Morgan fingerprint density at radius 3 is 2.21 bits per heavy atom. The zero-order valence-electron chi connectivity index (χ0n) is 13.6. The van der Waals surface area contributed by atoms with Gasteiger partial charge in [-0.25, -0.2) is 4.79 Å². The van der Waals surface area contributed by atoms with Crippen molar-refractivity contribution in [3.8, 4) is 0 Å². The molecule has 0 fully saturated rings. The highest BCUT2D eigenvalue weighted by Crippen LogP contribution is 2.16.